The minimum Gasteiger partial charge on any atom is -0.384 e. The van der Waals surface area contributed by atoms with Crippen molar-refractivity contribution in [1.29, 1.82) is 0 Å². The molecule has 3 rings (SSSR count). The van der Waals surface area contributed by atoms with Gasteiger partial charge in [0, 0.05) is 17.8 Å². The first-order valence-electron chi connectivity index (χ1n) is 6.26. The number of aromatic nitrogens is 3. The quantitative estimate of drug-likeness (QED) is 0.906. The number of anilines is 1. The highest BCUT2D eigenvalue weighted by molar-refractivity contribution is 9.10. The molecular formula is C12H16BrN5. The molecule has 1 saturated heterocycles. The molecule has 1 fully saturated rings. The third kappa shape index (κ3) is 2.22. The summed E-state index contributed by atoms with van der Waals surface area (Å²) in [5, 5.41) is 7.67. The molecule has 0 aromatic carbocycles. The molecule has 1 aliphatic heterocycles. The SMILES string of the molecule is Nc1cc(CC[C@@H]2CCCN2)nc2c(Br)cnn12. The van der Waals surface area contributed by atoms with Crippen LogP contribution in [0, 0.1) is 0 Å². The summed E-state index contributed by atoms with van der Waals surface area (Å²) in [5.74, 6) is 0.639. The predicted octanol–water partition coefficient (Wildman–Crippen LogP) is 1.76. The molecule has 0 aliphatic carbocycles. The van der Waals surface area contributed by atoms with Gasteiger partial charge in [0.25, 0.3) is 0 Å². The van der Waals surface area contributed by atoms with Crippen molar-refractivity contribution in [1.82, 2.24) is 19.9 Å². The van der Waals surface area contributed by atoms with Crippen LogP contribution in [0.5, 0.6) is 0 Å². The fourth-order valence-electron chi connectivity index (χ4n) is 2.47. The van der Waals surface area contributed by atoms with Crippen molar-refractivity contribution in [2.45, 2.75) is 31.7 Å². The van der Waals surface area contributed by atoms with E-state index in [0.717, 1.165) is 35.2 Å². The topological polar surface area (TPSA) is 68.2 Å². The summed E-state index contributed by atoms with van der Waals surface area (Å²) in [6.45, 7) is 1.15. The van der Waals surface area contributed by atoms with Crippen molar-refractivity contribution in [3.63, 3.8) is 0 Å². The highest BCUT2D eigenvalue weighted by atomic mass is 79.9. The van der Waals surface area contributed by atoms with Crippen LogP contribution >= 0.6 is 15.9 Å². The molecule has 3 N–H and O–H groups in total. The van der Waals surface area contributed by atoms with Gasteiger partial charge in [0.1, 0.15) is 5.82 Å². The Kier molecular flexibility index (Phi) is 3.22. The first kappa shape index (κ1) is 11.9. The lowest BCUT2D eigenvalue weighted by atomic mass is 10.1. The zero-order chi connectivity index (χ0) is 12.5. The monoisotopic (exact) mass is 309 g/mol. The number of nitrogens with two attached hydrogens (primary N) is 1. The summed E-state index contributed by atoms with van der Waals surface area (Å²) in [4.78, 5) is 4.60. The van der Waals surface area contributed by atoms with E-state index >= 15 is 0 Å². The van der Waals surface area contributed by atoms with Crippen LogP contribution in [-0.2, 0) is 6.42 Å². The number of fused-ring (bicyclic) bond motifs is 1. The largest absolute Gasteiger partial charge is 0.384 e. The van der Waals surface area contributed by atoms with Gasteiger partial charge in [-0.1, -0.05) is 0 Å². The molecule has 2 aromatic heterocycles. The third-order valence-corrected chi connectivity index (χ3v) is 3.98. The Hall–Kier alpha value is -1.14. The van der Waals surface area contributed by atoms with Gasteiger partial charge in [0.15, 0.2) is 5.65 Å². The van der Waals surface area contributed by atoms with Gasteiger partial charge in [-0.2, -0.15) is 9.61 Å². The molecular weight excluding hydrogens is 294 g/mol. The van der Waals surface area contributed by atoms with Crippen LogP contribution in [0.1, 0.15) is 25.0 Å². The molecule has 0 unspecified atom stereocenters. The fraction of sp³-hybridized carbons (Fsp3) is 0.500. The van der Waals surface area contributed by atoms with Gasteiger partial charge < -0.3 is 11.1 Å². The van der Waals surface area contributed by atoms with Gasteiger partial charge in [-0.25, -0.2) is 4.98 Å². The van der Waals surface area contributed by atoms with Gasteiger partial charge in [0.05, 0.1) is 10.7 Å². The second-order valence-corrected chi connectivity index (χ2v) is 5.59. The summed E-state index contributed by atoms with van der Waals surface area (Å²) in [5.41, 5.74) is 7.81. The highest BCUT2D eigenvalue weighted by Crippen LogP contribution is 2.20. The molecule has 1 aliphatic rings. The predicted molar refractivity (Wildman–Crippen MR) is 74.4 cm³/mol. The van der Waals surface area contributed by atoms with Crippen LogP contribution in [0.25, 0.3) is 5.65 Å². The van der Waals surface area contributed by atoms with Crippen LogP contribution in [0.2, 0.25) is 0 Å². The molecule has 0 spiro atoms. The molecule has 0 amide bonds. The Labute approximate surface area is 114 Å². The maximum absolute atomic E-state index is 5.98. The molecule has 2 aromatic rings. The first-order valence-corrected chi connectivity index (χ1v) is 7.05. The Morgan fingerprint density at radius 3 is 3.22 bits per heavy atom. The minimum absolute atomic E-state index is 0.637. The van der Waals surface area contributed by atoms with Gasteiger partial charge in [-0.15, -0.1) is 0 Å². The Bertz CT molecular complexity index is 559. The van der Waals surface area contributed by atoms with Crippen molar-refractivity contribution < 1.29 is 0 Å². The van der Waals surface area contributed by atoms with Gasteiger partial charge >= 0.3 is 0 Å². The lowest BCUT2D eigenvalue weighted by Crippen LogP contribution is -2.21. The first-order chi connectivity index (χ1) is 8.74. The summed E-state index contributed by atoms with van der Waals surface area (Å²) in [7, 11) is 0. The van der Waals surface area contributed by atoms with Crippen LogP contribution in [0.3, 0.4) is 0 Å². The van der Waals surface area contributed by atoms with Gasteiger partial charge in [-0.3, -0.25) is 0 Å². The Morgan fingerprint density at radius 1 is 1.56 bits per heavy atom. The van der Waals surface area contributed by atoms with E-state index in [2.05, 4.69) is 31.3 Å². The van der Waals surface area contributed by atoms with Crippen LogP contribution in [0.4, 0.5) is 5.82 Å². The van der Waals surface area contributed by atoms with Crippen LogP contribution in [-0.4, -0.2) is 27.2 Å². The van der Waals surface area contributed by atoms with E-state index in [9.17, 15) is 0 Å². The second kappa shape index (κ2) is 4.85. The van der Waals surface area contributed by atoms with Crippen molar-refractivity contribution >= 4 is 27.4 Å². The number of hydrogen-bond acceptors (Lipinski definition) is 4. The van der Waals surface area contributed by atoms with E-state index in [-0.39, 0.29) is 0 Å². The molecule has 1 atom stereocenters. The molecule has 18 heavy (non-hydrogen) atoms. The minimum atomic E-state index is 0.637. The Balaban J connectivity index is 1.81. The standard InChI is InChI=1S/C12H16BrN5/c13-10-7-16-18-11(14)6-9(17-12(10)18)4-3-8-2-1-5-15-8/h6-8,15H,1-5,14H2/t8-/m0/s1. The Morgan fingerprint density at radius 2 is 2.44 bits per heavy atom. The zero-order valence-electron chi connectivity index (χ0n) is 10.1. The molecule has 5 nitrogen and oxygen atoms in total. The van der Waals surface area contributed by atoms with E-state index in [1.165, 1.54) is 12.8 Å². The van der Waals surface area contributed by atoms with Crippen LogP contribution < -0.4 is 11.1 Å². The number of halogens is 1. The number of hydrogen-bond donors (Lipinski definition) is 2. The van der Waals surface area contributed by atoms with Crippen LogP contribution in [0.15, 0.2) is 16.7 Å². The van der Waals surface area contributed by atoms with E-state index in [1.807, 2.05) is 6.07 Å². The lowest BCUT2D eigenvalue weighted by Gasteiger charge is -2.10. The van der Waals surface area contributed by atoms with E-state index in [0.29, 0.717) is 11.9 Å². The van der Waals surface area contributed by atoms with E-state index in [1.54, 1.807) is 10.7 Å². The number of nitrogen functional groups attached to an aromatic ring is 1. The fourth-order valence-corrected chi connectivity index (χ4v) is 2.81. The lowest BCUT2D eigenvalue weighted by molar-refractivity contribution is 0.555. The number of nitrogens with one attached hydrogen (secondary N) is 1. The maximum Gasteiger partial charge on any atom is 0.171 e. The molecule has 0 radical (unpaired) electrons. The second-order valence-electron chi connectivity index (χ2n) is 4.73. The molecule has 0 bridgehead atoms. The van der Waals surface area contributed by atoms with Crippen molar-refractivity contribution in [3.8, 4) is 0 Å². The normalized spacial score (nSPS) is 19.7. The molecule has 96 valence electrons. The maximum atomic E-state index is 5.98. The van der Waals surface area contributed by atoms with Gasteiger partial charge in [0.2, 0.25) is 0 Å². The summed E-state index contributed by atoms with van der Waals surface area (Å²) in [6.07, 6.45) is 6.35. The number of rotatable bonds is 3. The van der Waals surface area contributed by atoms with E-state index in [4.69, 9.17) is 5.73 Å². The van der Waals surface area contributed by atoms with Crippen molar-refractivity contribution in [3.05, 3.63) is 22.4 Å². The van der Waals surface area contributed by atoms with Crippen molar-refractivity contribution in [2.75, 3.05) is 12.3 Å². The summed E-state index contributed by atoms with van der Waals surface area (Å²) >= 11 is 3.44. The number of nitrogens with zero attached hydrogens (tertiary/aromatic N) is 3. The third-order valence-electron chi connectivity index (χ3n) is 3.42. The average Bonchev–Trinajstić information content (AvgIpc) is 2.98. The van der Waals surface area contributed by atoms with Gasteiger partial charge in [-0.05, 0) is 48.2 Å². The highest BCUT2D eigenvalue weighted by Gasteiger charge is 2.15. The molecule has 6 heteroatoms. The smallest absolute Gasteiger partial charge is 0.171 e. The zero-order valence-corrected chi connectivity index (χ0v) is 11.7. The summed E-state index contributed by atoms with van der Waals surface area (Å²) in [6, 6.07) is 2.55. The molecule has 3 heterocycles. The number of aryl methyl sites for hydroxylation is 1. The molecule has 0 saturated carbocycles. The average molecular weight is 310 g/mol. The van der Waals surface area contributed by atoms with Crippen molar-refractivity contribution in [2.24, 2.45) is 0 Å². The van der Waals surface area contributed by atoms with E-state index < -0.39 is 0 Å². The summed E-state index contributed by atoms with van der Waals surface area (Å²) < 4.78 is 2.54.